The average molecular weight is 303 g/mol. The summed E-state index contributed by atoms with van der Waals surface area (Å²) in [5, 5.41) is 11.2. The Hall–Kier alpha value is -2.09. The number of alkyl halides is 3. The van der Waals surface area contributed by atoms with E-state index in [0.29, 0.717) is 0 Å². The molecule has 2 rings (SSSR count). The summed E-state index contributed by atoms with van der Waals surface area (Å²) in [6, 6.07) is 3.48. The van der Waals surface area contributed by atoms with Gasteiger partial charge in [0.15, 0.2) is 0 Å². The standard InChI is InChI=1S/C13H12F3NO4/c14-13(15,16)9-4-2-1-3-7(9)11(18)17-10-6-21-5-8(10)12(19)20/h1-4,8,10H,5-6H2,(H,17,18)(H,19,20). The second kappa shape index (κ2) is 5.72. The molecule has 2 atom stereocenters. The number of carbonyl (C=O) groups is 2. The molecule has 1 aliphatic rings. The van der Waals surface area contributed by atoms with Gasteiger partial charge >= 0.3 is 12.1 Å². The highest BCUT2D eigenvalue weighted by Crippen LogP contribution is 2.32. The van der Waals surface area contributed by atoms with E-state index in [9.17, 15) is 22.8 Å². The second-order valence-corrected chi connectivity index (χ2v) is 4.61. The largest absolute Gasteiger partial charge is 0.481 e. The van der Waals surface area contributed by atoms with Crippen molar-refractivity contribution < 1.29 is 32.6 Å². The summed E-state index contributed by atoms with van der Waals surface area (Å²) in [5.74, 6) is -3.10. The van der Waals surface area contributed by atoms with Crippen LogP contribution in [0.3, 0.4) is 0 Å². The fraction of sp³-hybridized carbons (Fsp3) is 0.385. The van der Waals surface area contributed by atoms with Crippen LogP contribution in [0.1, 0.15) is 15.9 Å². The van der Waals surface area contributed by atoms with Crippen molar-refractivity contribution in [3.8, 4) is 0 Å². The Morgan fingerprint density at radius 2 is 1.90 bits per heavy atom. The fourth-order valence-corrected chi connectivity index (χ4v) is 2.11. The molecule has 0 aliphatic carbocycles. The van der Waals surface area contributed by atoms with Crippen LogP contribution in [0.25, 0.3) is 0 Å². The maximum absolute atomic E-state index is 12.8. The molecule has 1 aliphatic heterocycles. The lowest BCUT2D eigenvalue weighted by Gasteiger charge is -2.17. The maximum atomic E-state index is 12.8. The van der Waals surface area contributed by atoms with E-state index >= 15 is 0 Å². The number of benzene rings is 1. The maximum Gasteiger partial charge on any atom is 0.417 e. The molecule has 1 aromatic carbocycles. The third-order valence-electron chi connectivity index (χ3n) is 3.19. The van der Waals surface area contributed by atoms with Crippen molar-refractivity contribution in [1.29, 1.82) is 0 Å². The van der Waals surface area contributed by atoms with Crippen molar-refractivity contribution >= 4 is 11.9 Å². The Bertz CT molecular complexity index is 559. The minimum absolute atomic E-state index is 0.0448. The van der Waals surface area contributed by atoms with E-state index in [2.05, 4.69) is 5.32 Å². The van der Waals surface area contributed by atoms with Gasteiger partial charge in [-0.1, -0.05) is 12.1 Å². The van der Waals surface area contributed by atoms with E-state index in [1.54, 1.807) is 0 Å². The topological polar surface area (TPSA) is 75.6 Å². The lowest BCUT2D eigenvalue weighted by Crippen LogP contribution is -2.43. The first-order valence-corrected chi connectivity index (χ1v) is 6.08. The van der Waals surface area contributed by atoms with Crippen molar-refractivity contribution in [3.63, 3.8) is 0 Å². The molecule has 0 spiro atoms. The van der Waals surface area contributed by atoms with E-state index in [-0.39, 0.29) is 13.2 Å². The SMILES string of the molecule is O=C(NC1COCC1C(=O)O)c1ccccc1C(F)(F)F. The zero-order valence-corrected chi connectivity index (χ0v) is 10.7. The van der Waals surface area contributed by atoms with Crippen LogP contribution >= 0.6 is 0 Å². The summed E-state index contributed by atoms with van der Waals surface area (Å²) in [7, 11) is 0. The fourth-order valence-electron chi connectivity index (χ4n) is 2.11. The van der Waals surface area contributed by atoms with Crippen molar-refractivity contribution in [3.05, 3.63) is 35.4 Å². The number of carbonyl (C=O) groups excluding carboxylic acids is 1. The number of amides is 1. The number of hydrogen-bond donors (Lipinski definition) is 2. The summed E-state index contributed by atoms with van der Waals surface area (Å²) in [6.07, 6.45) is -4.66. The molecular weight excluding hydrogens is 291 g/mol. The van der Waals surface area contributed by atoms with Crippen LogP contribution in [0.15, 0.2) is 24.3 Å². The quantitative estimate of drug-likeness (QED) is 0.888. The van der Waals surface area contributed by atoms with Gasteiger partial charge in [-0.25, -0.2) is 0 Å². The van der Waals surface area contributed by atoms with Crippen molar-refractivity contribution in [2.75, 3.05) is 13.2 Å². The first kappa shape index (κ1) is 15.3. The number of nitrogens with one attached hydrogen (secondary N) is 1. The normalized spacial score (nSPS) is 22.0. The number of hydrogen-bond acceptors (Lipinski definition) is 3. The second-order valence-electron chi connectivity index (χ2n) is 4.61. The zero-order chi connectivity index (χ0) is 15.6. The predicted molar refractivity (Wildman–Crippen MR) is 64.6 cm³/mol. The van der Waals surface area contributed by atoms with Crippen LogP contribution in [0.5, 0.6) is 0 Å². The van der Waals surface area contributed by atoms with E-state index in [1.165, 1.54) is 12.1 Å². The number of aliphatic carboxylic acids is 1. The molecule has 114 valence electrons. The monoisotopic (exact) mass is 303 g/mol. The Labute approximate surface area is 117 Å². The third kappa shape index (κ3) is 3.33. The molecule has 8 heteroatoms. The van der Waals surface area contributed by atoms with Gasteiger partial charge in [-0.3, -0.25) is 9.59 Å². The van der Waals surface area contributed by atoms with E-state index in [4.69, 9.17) is 9.84 Å². The predicted octanol–water partition coefficient (Wildman–Crippen LogP) is 1.53. The molecule has 1 aromatic rings. The summed E-state index contributed by atoms with van der Waals surface area (Å²) in [4.78, 5) is 22.9. The average Bonchev–Trinajstić information content (AvgIpc) is 2.86. The summed E-state index contributed by atoms with van der Waals surface area (Å²) >= 11 is 0. The highest BCUT2D eigenvalue weighted by atomic mass is 19.4. The van der Waals surface area contributed by atoms with Crippen molar-refractivity contribution in [1.82, 2.24) is 5.32 Å². The van der Waals surface area contributed by atoms with Gasteiger partial charge in [0.2, 0.25) is 0 Å². The molecule has 0 radical (unpaired) electrons. The van der Waals surface area contributed by atoms with Gasteiger partial charge in [0.05, 0.1) is 30.4 Å². The first-order valence-electron chi connectivity index (χ1n) is 6.08. The zero-order valence-electron chi connectivity index (χ0n) is 10.7. The Morgan fingerprint density at radius 1 is 1.24 bits per heavy atom. The number of rotatable bonds is 3. The van der Waals surface area contributed by atoms with Crippen LogP contribution in [0, 0.1) is 5.92 Å². The van der Waals surface area contributed by atoms with Crippen LogP contribution in [-0.2, 0) is 15.7 Å². The molecule has 0 saturated carbocycles. The lowest BCUT2D eigenvalue weighted by atomic mass is 10.0. The number of halogens is 3. The summed E-state index contributed by atoms with van der Waals surface area (Å²) < 4.78 is 43.4. The van der Waals surface area contributed by atoms with Crippen LogP contribution in [-0.4, -0.2) is 36.2 Å². The minimum Gasteiger partial charge on any atom is -0.481 e. The van der Waals surface area contributed by atoms with Gasteiger partial charge in [-0.2, -0.15) is 13.2 Å². The Kier molecular flexibility index (Phi) is 4.17. The minimum atomic E-state index is -4.66. The van der Waals surface area contributed by atoms with Crippen LogP contribution < -0.4 is 5.32 Å². The smallest absolute Gasteiger partial charge is 0.417 e. The Morgan fingerprint density at radius 3 is 2.52 bits per heavy atom. The molecule has 5 nitrogen and oxygen atoms in total. The molecule has 1 saturated heterocycles. The highest BCUT2D eigenvalue weighted by molar-refractivity contribution is 5.96. The number of ether oxygens (including phenoxy) is 1. The van der Waals surface area contributed by atoms with E-state index in [0.717, 1.165) is 12.1 Å². The number of carboxylic acids is 1. The van der Waals surface area contributed by atoms with Crippen LogP contribution in [0.2, 0.25) is 0 Å². The Balaban J connectivity index is 2.20. The highest BCUT2D eigenvalue weighted by Gasteiger charge is 2.38. The van der Waals surface area contributed by atoms with Gasteiger partial charge in [-0.05, 0) is 12.1 Å². The van der Waals surface area contributed by atoms with Gasteiger partial charge in [0.25, 0.3) is 5.91 Å². The van der Waals surface area contributed by atoms with Gasteiger partial charge in [0, 0.05) is 0 Å². The molecule has 1 heterocycles. The van der Waals surface area contributed by atoms with E-state index < -0.39 is 41.1 Å². The van der Waals surface area contributed by atoms with Gasteiger partial charge < -0.3 is 15.2 Å². The number of carboxylic acid groups (broad SMARTS) is 1. The summed E-state index contributed by atoms with van der Waals surface area (Å²) in [5.41, 5.74) is -1.60. The van der Waals surface area contributed by atoms with E-state index in [1.807, 2.05) is 0 Å². The first-order chi connectivity index (χ1) is 9.80. The van der Waals surface area contributed by atoms with Crippen LogP contribution in [0.4, 0.5) is 13.2 Å². The van der Waals surface area contributed by atoms with Crippen molar-refractivity contribution in [2.24, 2.45) is 5.92 Å². The summed E-state index contributed by atoms with van der Waals surface area (Å²) in [6.45, 7) is -0.127. The van der Waals surface area contributed by atoms with Crippen molar-refractivity contribution in [2.45, 2.75) is 12.2 Å². The molecule has 21 heavy (non-hydrogen) atoms. The lowest BCUT2D eigenvalue weighted by molar-refractivity contribution is -0.142. The molecule has 2 N–H and O–H groups in total. The molecular formula is C13H12F3NO4. The molecule has 1 amide bonds. The molecule has 1 fully saturated rings. The molecule has 2 unspecified atom stereocenters. The van der Waals surface area contributed by atoms with Gasteiger partial charge in [0.1, 0.15) is 5.92 Å². The molecule has 0 bridgehead atoms. The third-order valence-corrected chi connectivity index (χ3v) is 3.19. The van der Waals surface area contributed by atoms with Gasteiger partial charge in [-0.15, -0.1) is 0 Å². The molecule has 0 aromatic heterocycles.